The van der Waals surface area contributed by atoms with Crippen LogP contribution in [0.3, 0.4) is 0 Å². The number of carboxylic acids is 1. The number of benzene rings is 2. The van der Waals surface area contributed by atoms with Crippen LogP contribution in [0.1, 0.15) is 27.6 Å². The Morgan fingerprint density at radius 3 is 2.56 bits per heavy atom. The number of carboxylic acid groups (broad SMARTS) is 1. The molecule has 2 aromatic rings. The summed E-state index contributed by atoms with van der Waals surface area (Å²) >= 11 is 0. The first-order chi connectivity index (χ1) is 12.0. The molecule has 130 valence electrons. The smallest absolute Gasteiger partial charge is 0.335 e. The number of morpholine rings is 1. The molecule has 3 rings (SSSR count). The number of rotatable bonds is 4. The van der Waals surface area contributed by atoms with Crippen LogP contribution in [0.2, 0.25) is 0 Å². The zero-order valence-electron chi connectivity index (χ0n) is 13.5. The van der Waals surface area contributed by atoms with E-state index >= 15 is 0 Å². The van der Waals surface area contributed by atoms with Crippen LogP contribution in [0.25, 0.3) is 0 Å². The Bertz CT molecular complexity index is 775. The summed E-state index contributed by atoms with van der Waals surface area (Å²) in [4.78, 5) is 25.0. The number of amides is 1. The summed E-state index contributed by atoms with van der Waals surface area (Å²) in [6.45, 7) is 1.10. The molecule has 0 bridgehead atoms. The number of nitrogens with zero attached hydrogens (tertiary/aromatic N) is 1. The summed E-state index contributed by atoms with van der Waals surface area (Å²) in [5.74, 6) is -1.43. The van der Waals surface area contributed by atoms with E-state index in [1.54, 1.807) is 35.2 Å². The monoisotopic (exact) mass is 343 g/mol. The second-order valence-corrected chi connectivity index (χ2v) is 5.90. The highest BCUT2D eigenvalue weighted by Gasteiger charge is 2.27. The van der Waals surface area contributed by atoms with Crippen LogP contribution in [-0.4, -0.2) is 41.6 Å². The Labute approximate surface area is 144 Å². The first-order valence-electron chi connectivity index (χ1n) is 8.00. The Balaban J connectivity index is 1.66. The van der Waals surface area contributed by atoms with Crippen LogP contribution in [0.15, 0.2) is 48.5 Å². The molecule has 5 nitrogen and oxygen atoms in total. The lowest BCUT2D eigenvalue weighted by atomic mass is 10.1. The molecule has 0 saturated carbocycles. The van der Waals surface area contributed by atoms with Crippen LogP contribution in [0, 0.1) is 5.82 Å². The third-order valence-electron chi connectivity index (χ3n) is 4.23. The van der Waals surface area contributed by atoms with Crippen molar-refractivity contribution in [1.29, 1.82) is 0 Å². The van der Waals surface area contributed by atoms with E-state index in [9.17, 15) is 14.0 Å². The Morgan fingerprint density at radius 2 is 1.88 bits per heavy atom. The number of ether oxygens (including phenoxy) is 1. The van der Waals surface area contributed by atoms with Gasteiger partial charge in [0.2, 0.25) is 5.91 Å². The van der Waals surface area contributed by atoms with Crippen molar-refractivity contribution in [2.45, 2.75) is 12.5 Å². The van der Waals surface area contributed by atoms with Crippen LogP contribution < -0.4 is 0 Å². The maximum Gasteiger partial charge on any atom is 0.335 e. The van der Waals surface area contributed by atoms with Crippen molar-refractivity contribution in [1.82, 2.24) is 4.90 Å². The molecule has 25 heavy (non-hydrogen) atoms. The minimum atomic E-state index is -1.00. The summed E-state index contributed by atoms with van der Waals surface area (Å²) in [5, 5.41) is 8.90. The van der Waals surface area contributed by atoms with Gasteiger partial charge in [0.05, 0.1) is 25.1 Å². The molecule has 1 atom stereocenters. The second-order valence-electron chi connectivity index (χ2n) is 5.90. The normalized spacial score (nSPS) is 17.3. The molecule has 0 spiro atoms. The van der Waals surface area contributed by atoms with Crippen LogP contribution in [0.5, 0.6) is 0 Å². The maximum atomic E-state index is 13.9. The number of carbonyl (C=O) groups excluding carboxylic acids is 1. The first kappa shape index (κ1) is 17.1. The molecule has 0 aliphatic carbocycles. The van der Waals surface area contributed by atoms with Gasteiger partial charge in [-0.3, -0.25) is 4.79 Å². The molecule has 1 N–H and O–H groups in total. The lowest BCUT2D eigenvalue weighted by Crippen LogP contribution is -2.43. The van der Waals surface area contributed by atoms with E-state index in [2.05, 4.69) is 0 Å². The van der Waals surface area contributed by atoms with Gasteiger partial charge in [-0.25, -0.2) is 9.18 Å². The highest BCUT2D eigenvalue weighted by molar-refractivity contribution is 5.87. The minimum absolute atomic E-state index is 0.0901. The SMILES string of the molecule is O=C(O)c1ccc(CC(=O)N2CCOC(c3ccccc3F)C2)cc1. The van der Waals surface area contributed by atoms with E-state index in [-0.39, 0.29) is 23.7 Å². The topological polar surface area (TPSA) is 66.8 Å². The van der Waals surface area contributed by atoms with E-state index in [0.717, 1.165) is 5.56 Å². The minimum Gasteiger partial charge on any atom is -0.478 e. The third kappa shape index (κ3) is 4.03. The number of hydrogen-bond acceptors (Lipinski definition) is 3. The third-order valence-corrected chi connectivity index (χ3v) is 4.23. The van der Waals surface area contributed by atoms with Crippen molar-refractivity contribution in [3.8, 4) is 0 Å². The molecule has 1 saturated heterocycles. The van der Waals surface area contributed by atoms with E-state index in [0.29, 0.717) is 25.3 Å². The zero-order chi connectivity index (χ0) is 17.8. The Morgan fingerprint density at radius 1 is 1.16 bits per heavy atom. The molecule has 6 heteroatoms. The van der Waals surface area contributed by atoms with Gasteiger partial charge >= 0.3 is 5.97 Å². The standard InChI is InChI=1S/C19H18FNO4/c20-16-4-2-1-3-15(16)17-12-21(9-10-25-17)18(22)11-13-5-7-14(8-6-13)19(23)24/h1-8,17H,9-12H2,(H,23,24). The molecule has 1 fully saturated rings. The Kier molecular flexibility index (Phi) is 5.09. The summed E-state index contributed by atoms with van der Waals surface area (Å²) < 4.78 is 19.5. The molecule has 0 radical (unpaired) electrons. The summed E-state index contributed by atoms with van der Waals surface area (Å²) in [6.07, 6.45) is -0.308. The Hall–Kier alpha value is -2.73. The fourth-order valence-corrected chi connectivity index (χ4v) is 2.85. The zero-order valence-corrected chi connectivity index (χ0v) is 13.5. The fraction of sp³-hybridized carbons (Fsp3) is 0.263. The summed E-state index contributed by atoms with van der Waals surface area (Å²) in [7, 11) is 0. The van der Waals surface area contributed by atoms with Gasteiger partial charge in [-0.05, 0) is 23.8 Å². The number of halogens is 1. The van der Waals surface area contributed by atoms with Gasteiger partial charge < -0.3 is 14.7 Å². The molecular weight excluding hydrogens is 325 g/mol. The van der Waals surface area contributed by atoms with Crippen molar-refractivity contribution in [3.63, 3.8) is 0 Å². The van der Waals surface area contributed by atoms with Gasteiger partial charge in [-0.15, -0.1) is 0 Å². The van der Waals surface area contributed by atoms with Gasteiger partial charge in [0.1, 0.15) is 11.9 Å². The molecule has 1 unspecified atom stereocenters. The lowest BCUT2D eigenvalue weighted by Gasteiger charge is -2.33. The van der Waals surface area contributed by atoms with Crippen molar-refractivity contribution in [2.24, 2.45) is 0 Å². The van der Waals surface area contributed by atoms with E-state index in [1.807, 2.05) is 0 Å². The highest BCUT2D eigenvalue weighted by atomic mass is 19.1. The van der Waals surface area contributed by atoms with E-state index in [1.165, 1.54) is 18.2 Å². The van der Waals surface area contributed by atoms with Crippen molar-refractivity contribution >= 4 is 11.9 Å². The van der Waals surface area contributed by atoms with Crippen molar-refractivity contribution in [3.05, 3.63) is 71.0 Å². The number of carbonyl (C=O) groups is 2. The molecule has 1 aliphatic heterocycles. The molecule has 1 heterocycles. The number of hydrogen-bond donors (Lipinski definition) is 1. The quantitative estimate of drug-likeness (QED) is 0.927. The molecular formula is C19H18FNO4. The highest BCUT2D eigenvalue weighted by Crippen LogP contribution is 2.24. The average molecular weight is 343 g/mol. The molecule has 0 aromatic heterocycles. The van der Waals surface area contributed by atoms with Crippen LogP contribution >= 0.6 is 0 Å². The van der Waals surface area contributed by atoms with Crippen LogP contribution in [0.4, 0.5) is 4.39 Å². The average Bonchev–Trinajstić information content (AvgIpc) is 2.62. The van der Waals surface area contributed by atoms with Gasteiger partial charge in [0, 0.05) is 12.1 Å². The van der Waals surface area contributed by atoms with Gasteiger partial charge in [0.25, 0.3) is 0 Å². The second kappa shape index (κ2) is 7.44. The lowest BCUT2D eigenvalue weighted by molar-refractivity contribution is -0.138. The van der Waals surface area contributed by atoms with E-state index in [4.69, 9.17) is 9.84 Å². The van der Waals surface area contributed by atoms with Gasteiger partial charge in [-0.2, -0.15) is 0 Å². The largest absolute Gasteiger partial charge is 0.478 e. The molecule has 1 amide bonds. The van der Waals surface area contributed by atoms with Crippen LogP contribution in [-0.2, 0) is 16.0 Å². The predicted octanol–water partition coefficient (Wildman–Crippen LogP) is 2.67. The molecule has 1 aliphatic rings. The van der Waals surface area contributed by atoms with Gasteiger partial charge in [0.15, 0.2) is 0 Å². The van der Waals surface area contributed by atoms with Crippen molar-refractivity contribution in [2.75, 3.05) is 19.7 Å². The summed E-state index contributed by atoms with van der Waals surface area (Å²) in [6, 6.07) is 12.6. The predicted molar refractivity (Wildman–Crippen MR) is 88.8 cm³/mol. The molecule has 2 aromatic carbocycles. The van der Waals surface area contributed by atoms with E-state index < -0.39 is 12.1 Å². The number of aromatic carboxylic acids is 1. The first-order valence-corrected chi connectivity index (χ1v) is 8.00. The van der Waals surface area contributed by atoms with Gasteiger partial charge in [-0.1, -0.05) is 30.3 Å². The van der Waals surface area contributed by atoms with Crippen molar-refractivity contribution < 1.29 is 23.8 Å². The fourth-order valence-electron chi connectivity index (χ4n) is 2.85. The summed E-state index contributed by atoms with van der Waals surface area (Å²) in [5.41, 5.74) is 1.37. The maximum absolute atomic E-state index is 13.9.